The van der Waals surface area contributed by atoms with Gasteiger partial charge < -0.3 is 14.6 Å². The summed E-state index contributed by atoms with van der Waals surface area (Å²) in [5.74, 6) is 0. The average molecular weight is 395 g/mol. The Labute approximate surface area is 163 Å². The number of aliphatic hydroxyl groups is 1. The normalized spacial score (nSPS) is 21.6. The molecule has 1 fully saturated rings. The molecule has 0 radical (unpaired) electrons. The maximum Gasteiger partial charge on any atom is 0.330 e. The third-order valence-electron chi connectivity index (χ3n) is 4.84. The van der Waals surface area contributed by atoms with Crippen molar-refractivity contribution in [3.63, 3.8) is 0 Å². The molecular formula is C18H29N5O5. The summed E-state index contributed by atoms with van der Waals surface area (Å²) in [6.45, 7) is 2.50. The zero-order chi connectivity index (χ0) is 20.4. The molecule has 1 aliphatic heterocycles. The molecule has 2 heterocycles. The molecule has 10 heteroatoms. The van der Waals surface area contributed by atoms with Crippen LogP contribution in [0.3, 0.4) is 0 Å². The highest BCUT2D eigenvalue weighted by Gasteiger charge is 2.35. The second-order valence-corrected chi connectivity index (χ2v) is 6.96. The maximum atomic E-state index is 12.2. The molecule has 0 saturated carbocycles. The second kappa shape index (κ2) is 11.7. The van der Waals surface area contributed by atoms with Crippen LogP contribution in [-0.4, -0.2) is 40.0 Å². The third-order valence-corrected chi connectivity index (χ3v) is 4.84. The minimum atomic E-state index is -0.727. The van der Waals surface area contributed by atoms with Crippen LogP contribution in [-0.2, 0) is 16.1 Å². The van der Waals surface area contributed by atoms with Crippen molar-refractivity contribution in [1.29, 1.82) is 0 Å². The van der Waals surface area contributed by atoms with E-state index in [1.165, 1.54) is 36.4 Å². The van der Waals surface area contributed by atoms with Crippen LogP contribution in [0, 0.1) is 0 Å². The number of ether oxygens (including phenoxy) is 2. The van der Waals surface area contributed by atoms with Crippen LogP contribution >= 0.6 is 0 Å². The molecule has 0 unspecified atom stereocenters. The van der Waals surface area contributed by atoms with Gasteiger partial charge in [-0.2, -0.15) is 0 Å². The lowest BCUT2D eigenvalue weighted by atomic mass is 10.1. The predicted octanol–water partition coefficient (Wildman–Crippen LogP) is 2.37. The Morgan fingerprint density at radius 1 is 1.36 bits per heavy atom. The number of aromatic amines is 1. The van der Waals surface area contributed by atoms with E-state index in [2.05, 4.69) is 21.9 Å². The van der Waals surface area contributed by atoms with Gasteiger partial charge in [0.15, 0.2) is 0 Å². The molecule has 0 aliphatic carbocycles. The average Bonchev–Trinajstić information content (AvgIpc) is 3.08. The van der Waals surface area contributed by atoms with Gasteiger partial charge in [0, 0.05) is 24.1 Å². The van der Waals surface area contributed by atoms with Crippen molar-refractivity contribution >= 4 is 0 Å². The van der Waals surface area contributed by atoms with Gasteiger partial charge in [0.1, 0.15) is 6.23 Å². The van der Waals surface area contributed by atoms with Gasteiger partial charge in [-0.25, -0.2) is 4.79 Å². The Kier molecular flexibility index (Phi) is 9.22. The highest BCUT2D eigenvalue weighted by atomic mass is 16.5. The van der Waals surface area contributed by atoms with Crippen molar-refractivity contribution in [1.82, 2.24) is 9.55 Å². The van der Waals surface area contributed by atoms with E-state index in [0.717, 1.165) is 12.8 Å². The fraction of sp³-hybridized carbons (Fsp3) is 0.778. The molecule has 10 nitrogen and oxygen atoms in total. The first kappa shape index (κ1) is 22.2. The number of hydrogen-bond donors (Lipinski definition) is 2. The summed E-state index contributed by atoms with van der Waals surface area (Å²) in [7, 11) is 0. The number of nitrogens with zero attached hydrogens (tertiary/aromatic N) is 4. The largest absolute Gasteiger partial charge is 0.394 e. The van der Waals surface area contributed by atoms with Crippen LogP contribution in [0.1, 0.15) is 63.7 Å². The maximum absolute atomic E-state index is 12.2. The lowest BCUT2D eigenvalue weighted by Crippen LogP contribution is -2.34. The minimum absolute atomic E-state index is 0.0977. The number of azide groups is 1. The van der Waals surface area contributed by atoms with E-state index in [9.17, 15) is 14.7 Å². The van der Waals surface area contributed by atoms with Crippen molar-refractivity contribution in [2.24, 2.45) is 5.11 Å². The lowest BCUT2D eigenvalue weighted by molar-refractivity contribution is -0.0274. The van der Waals surface area contributed by atoms with Gasteiger partial charge in [-0.15, -0.1) is 0 Å². The van der Waals surface area contributed by atoms with Crippen molar-refractivity contribution in [2.75, 3.05) is 13.2 Å². The van der Waals surface area contributed by atoms with E-state index in [1.54, 1.807) is 0 Å². The van der Waals surface area contributed by atoms with Gasteiger partial charge in [0.2, 0.25) is 0 Å². The fourth-order valence-corrected chi connectivity index (χ4v) is 3.25. The molecule has 1 aromatic rings. The Bertz CT molecular complexity index is 770. The number of unbranched alkanes of at least 4 members (excludes halogenated alkanes) is 5. The van der Waals surface area contributed by atoms with Crippen molar-refractivity contribution in [3.05, 3.63) is 43.0 Å². The van der Waals surface area contributed by atoms with Crippen LogP contribution in [0.5, 0.6) is 0 Å². The summed E-state index contributed by atoms with van der Waals surface area (Å²) < 4.78 is 12.4. The van der Waals surface area contributed by atoms with E-state index >= 15 is 0 Å². The highest BCUT2D eigenvalue weighted by Crippen LogP contribution is 2.29. The zero-order valence-electron chi connectivity index (χ0n) is 16.2. The number of aliphatic hydroxyl groups excluding tert-OH is 1. The molecule has 2 N–H and O–H groups in total. The van der Waals surface area contributed by atoms with E-state index < -0.39 is 29.6 Å². The van der Waals surface area contributed by atoms with Crippen LogP contribution < -0.4 is 11.2 Å². The van der Waals surface area contributed by atoms with Gasteiger partial charge in [0.25, 0.3) is 5.56 Å². The lowest BCUT2D eigenvalue weighted by Gasteiger charge is -2.15. The Morgan fingerprint density at radius 3 is 2.82 bits per heavy atom. The van der Waals surface area contributed by atoms with Crippen molar-refractivity contribution in [2.45, 2.75) is 76.9 Å². The number of H-pyrrole nitrogens is 1. The summed E-state index contributed by atoms with van der Waals surface area (Å²) in [4.78, 5) is 29.2. The molecule has 2 rings (SSSR count). The molecule has 28 heavy (non-hydrogen) atoms. The van der Waals surface area contributed by atoms with E-state index in [0.29, 0.717) is 12.2 Å². The summed E-state index contributed by atoms with van der Waals surface area (Å²) in [5.41, 5.74) is 7.83. The monoisotopic (exact) mass is 395 g/mol. The second-order valence-electron chi connectivity index (χ2n) is 6.96. The van der Waals surface area contributed by atoms with Crippen LogP contribution in [0.25, 0.3) is 10.4 Å². The number of hydrogen-bond acceptors (Lipinski definition) is 6. The smallest absolute Gasteiger partial charge is 0.330 e. The van der Waals surface area contributed by atoms with E-state index in [-0.39, 0.29) is 19.6 Å². The predicted molar refractivity (Wildman–Crippen MR) is 103 cm³/mol. The van der Waals surface area contributed by atoms with Gasteiger partial charge >= 0.3 is 5.69 Å². The van der Waals surface area contributed by atoms with Gasteiger partial charge in [-0.3, -0.25) is 14.3 Å². The van der Waals surface area contributed by atoms with E-state index in [4.69, 9.17) is 15.0 Å². The standard InChI is InChI=1S/C18H29N5O5/c1-2-3-4-5-6-7-8-27-12-13-10-23(18(26)20-17(13)25)16-9-14(21-22-19)15(11-24)28-16/h10,14-16,24H,2-9,11-12H2,1H3,(H,20,25,26)/t14-,15+,16+/m0/s1. The van der Waals surface area contributed by atoms with Crippen LogP contribution in [0.2, 0.25) is 0 Å². The molecule has 0 spiro atoms. The van der Waals surface area contributed by atoms with Gasteiger partial charge in [0.05, 0.1) is 30.9 Å². The molecule has 1 aliphatic rings. The zero-order valence-corrected chi connectivity index (χ0v) is 16.2. The van der Waals surface area contributed by atoms with Gasteiger partial charge in [-0.1, -0.05) is 44.1 Å². The minimum Gasteiger partial charge on any atom is -0.394 e. The molecule has 0 aromatic carbocycles. The number of rotatable bonds is 12. The Hall–Kier alpha value is -2.13. The fourth-order valence-electron chi connectivity index (χ4n) is 3.25. The number of aromatic nitrogens is 2. The summed E-state index contributed by atoms with van der Waals surface area (Å²) in [6, 6.07) is -0.578. The molecule has 1 saturated heterocycles. The van der Waals surface area contributed by atoms with Crippen LogP contribution in [0.15, 0.2) is 20.9 Å². The molecule has 1 aromatic heterocycles. The third kappa shape index (κ3) is 6.20. The molecule has 0 bridgehead atoms. The first-order valence-electron chi connectivity index (χ1n) is 9.83. The molecular weight excluding hydrogens is 366 g/mol. The Balaban J connectivity index is 1.94. The van der Waals surface area contributed by atoms with Crippen molar-refractivity contribution in [3.8, 4) is 0 Å². The summed E-state index contributed by atoms with van der Waals surface area (Å²) in [5, 5.41) is 13.0. The summed E-state index contributed by atoms with van der Waals surface area (Å²) in [6.07, 6.45) is 7.13. The molecule has 156 valence electrons. The van der Waals surface area contributed by atoms with E-state index in [1.807, 2.05) is 0 Å². The molecule has 0 amide bonds. The van der Waals surface area contributed by atoms with Gasteiger partial charge in [-0.05, 0) is 12.0 Å². The van der Waals surface area contributed by atoms with Crippen LogP contribution in [0.4, 0.5) is 0 Å². The Morgan fingerprint density at radius 2 is 2.11 bits per heavy atom. The quantitative estimate of drug-likeness (QED) is 0.242. The first-order chi connectivity index (χ1) is 13.6. The summed E-state index contributed by atoms with van der Waals surface area (Å²) >= 11 is 0. The molecule has 3 atom stereocenters. The van der Waals surface area contributed by atoms with Crippen molar-refractivity contribution < 1.29 is 14.6 Å². The highest BCUT2D eigenvalue weighted by molar-refractivity contribution is 5.04. The topological polar surface area (TPSA) is 142 Å². The number of nitrogens with one attached hydrogen (secondary N) is 1. The SMILES string of the molecule is CCCCCCCCOCc1cn([C@H]2C[C@H](N=[N+]=[N-])[C@@H](CO)O2)c(=O)[nH]c1=O. The first-order valence-corrected chi connectivity index (χ1v) is 9.83.